The number of aliphatic hydroxyl groups is 1. The second kappa shape index (κ2) is 63.1. The summed E-state index contributed by atoms with van der Waals surface area (Å²) in [6.07, 6.45) is 49.2. The molecular formula is C71H138O17P2. The molecule has 17 nitrogen and oxygen atoms in total. The van der Waals surface area contributed by atoms with Gasteiger partial charge in [0.1, 0.15) is 19.3 Å². The van der Waals surface area contributed by atoms with Crippen LogP contribution in [0.4, 0.5) is 0 Å². The van der Waals surface area contributed by atoms with Crippen LogP contribution in [0.1, 0.15) is 363 Å². The monoisotopic (exact) mass is 1320 g/mol. The van der Waals surface area contributed by atoms with E-state index in [1.165, 1.54) is 167 Å². The van der Waals surface area contributed by atoms with Gasteiger partial charge in [-0.3, -0.25) is 37.3 Å². The van der Waals surface area contributed by atoms with Crippen LogP contribution in [-0.2, 0) is 65.4 Å². The number of phosphoric ester groups is 2. The number of phosphoric acid groups is 2. The van der Waals surface area contributed by atoms with Crippen molar-refractivity contribution in [3.63, 3.8) is 0 Å². The van der Waals surface area contributed by atoms with E-state index in [4.69, 9.17) is 37.0 Å². The molecule has 2 unspecified atom stereocenters. The Morgan fingerprint density at radius 2 is 0.511 bits per heavy atom. The Morgan fingerprint density at radius 3 is 0.756 bits per heavy atom. The molecule has 0 aromatic heterocycles. The summed E-state index contributed by atoms with van der Waals surface area (Å²) in [4.78, 5) is 72.3. The van der Waals surface area contributed by atoms with Crippen LogP contribution in [0.2, 0.25) is 0 Å². The molecule has 90 heavy (non-hydrogen) atoms. The van der Waals surface area contributed by atoms with Crippen molar-refractivity contribution in [1.29, 1.82) is 0 Å². The third-order valence-electron chi connectivity index (χ3n) is 16.5. The first-order valence-corrected chi connectivity index (χ1v) is 40.0. The van der Waals surface area contributed by atoms with E-state index >= 15 is 0 Å². The van der Waals surface area contributed by atoms with Gasteiger partial charge < -0.3 is 33.8 Å². The maximum Gasteiger partial charge on any atom is 0.472 e. The van der Waals surface area contributed by atoms with E-state index in [1.54, 1.807) is 0 Å². The van der Waals surface area contributed by atoms with Gasteiger partial charge in [0.05, 0.1) is 26.4 Å². The summed E-state index contributed by atoms with van der Waals surface area (Å²) in [5.41, 5.74) is 0. The normalized spacial score (nSPS) is 14.1. The lowest BCUT2D eigenvalue weighted by Crippen LogP contribution is -2.30. The van der Waals surface area contributed by atoms with Crippen LogP contribution < -0.4 is 0 Å². The molecule has 0 aromatic rings. The van der Waals surface area contributed by atoms with Gasteiger partial charge in [-0.2, -0.15) is 0 Å². The van der Waals surface area contributed by atoms with Gasteiger partial charge in [-0.05, 0) is 37.5 Å². The largest absolute Gasteiger partial charge is 0.472 e. The Kier molecular flexibility index (Phi) is 61.8. The zero-order chi connectivity index (χ0) is 66.5. The fourth-order valence-corrected chi connectivity index (χ4v) is 12.3. The van der Waals surface area contributed by atoms with Crippen LogP contribution in [0.25, 0.3) is 0 Å². The molecule has 534 valence electrons. The van der Waals surface area contributed by atoms with Crippen molar-refractivity contribution in [2.75, 3.05) is 39.6 Å². The van der Waals surface area contributed by atoms with E-state index in [9.17, 15) is 43.2 Å². The number of carbonyl (C=O) groups is 4. The molecule has 0 aliphatic rings. The number of esters is 4. The Labute approximate surface area is 549 Å². The van der Waals surface area contributed by atoms with Gasteiger partial charge in [0.2, 0.25) is 0 Å². The zero-order valence-electron chi connectivity index (χ0n) is 58.4. The SMILES string of the molecule is CCCCCCCCCCCCCCCCCCCCCCCCC(=O)O[C@H](COC(=O)CCCCCCCCCCCC(C)C)COP(=O)(O)OC[C@@H](O)COP(=O)(O)OC[C@@H](COC(=O)CCCCCCCCC)OC(=O)CCCCCCCCC(C)C. The smallest absolute Gasteiger partial charge is 0.462 e. The summed E-state index contributed by atoms with van der Waals surface area (Å²) in [7, 11) is -9.89. The average Bonchev–Trinajstić information content (AvgIpc) is 3.22. The predicted molar refractivity (Wildman–Crippen MR) is 363 cm³/mol. The molecule has 0 aliphatic heterocycles. The third-order valence-corrected chi connectivity index (χ3v) is 18.4. The lowest BCUT2D eigenvalue weighted by molar-refractivity contribution is -0.161. The number of unbranched alkanes of at least 4 members (excludes halogenated alkanes) is 40. The minimum atomic E-state index is -4.95. The van der Waals surface area contributed by atoms with Gasteiger partial charge in [0.15, 0.2) is 12.2 Å². The highest BCUT2D eigenvalue weighted by atomic mass is 31.2. The van der Waals surface area contributed by atoms with Crippen molar-refractivity contribution in [1.82, 2.24) is 0 Å². The first-order chi connectivity index (χ1) is 43.4. The number of rotatable bonds is 70. The number of hydrogen-bond acceptors (Lipinski definition) is 15. The van der Waals surface area contributed by atoms with E-state index in [-0.39, 0.29) is 25.7 Å². The van der Waals surface area contributed by atoms with Gasteiger partial charge in [0, 0.05) is 25.7 Å². The van der Waals surface area contributed by atoms with Crippen molar-refractivity contribution in [3.8, 4) is 0 Å². The number of carbonyl (C=O) groups excluding carboxylic acids is 4. The molecule has 0 rings (SSSR count). The summed E-state index contributed by atoms with van der Waals surface area (Å²) < 4.78 is 68.1. The lowest BCUT2D eigenvalue weighted by atomic mass is 10.0. The number of ether oxygens (including phenoxy) is 4. The second-order valence-electron chi connectivity index (χ2n) is 26.6. The average molecular weight is 1330 g/mol. The topological polar surface area (TPSA) is 237 Å². The Bertz CT molecular complexity index is 1750. The van der Waals surface area contributed by atoms with Gasteiger partial charge in [-0.15, -0.1) is 0 Å². The van der Waals surface area contributed by atoms with E-state index < -0.39 is 97.5 Å². The zero-order valence-corrected chi connectivity index (χ0v) is 60.2. The van der Waals surface area contributed by atoms with Crippen molar-refractivity contribution in [2.24, 2.45) is 11.8 Å². The van der Waals surface area contributed by atoms with E-state index in [1.807, 2.05) is 0 Å². The van der Waals surface area contributed by atoms with E-state index in [0.717, 1.165) is 109 Å². The van der Waals surface area contributed by atoms with E-state index in [0.29, 0.717) is 31.6 Å². The highest BCUT2D eigenvalue weighted by Gasteiger charge is 2.30. The maximum atomic E-state index is 13.0. The Balaban J connectivity index is 5.11. The Hall–Kier alpha value is -1.94. The number of hydrogen-bond donors (Lipinski definition) is 3. The first-order valence-electron chi connectivity index (χ1n) is 37.0. The molecule has 0 fully saturated rings. The maximum absolute atomic E-state index is 13.0. The molecule has 0 spiro atoms. The highest BCUT2D eigenvalue weighted by molar-refractivity contribution is 7.47. The van der Waals surface area contributed by atoms with Crippen molar-refractivity contribution in [3.05, 3.63) is 0 Å². The van der Waals surface area contributed by atoms with Crippen LogP contribution >= 0.6 is 15.6 Å². The van der Waals surface area contributed by atoms with Crippen LogP contribution in [0.5, 0.6) is 0 Å². The molecule has 0 saturated heterocycles. The third kappa shape index (κ3) is 64.8. The summed E-state index contributed by atoms with van der Waals surface area (Å²) in [6.45, 7) is 9.39. The van der Waals surface area contributed by atoms with Crippen LogP contribution in [0.3, 0.4) is 0 Å². The number of aliphatic hydroxyl groups excluding tert-OH is 1. The predicted octanol–water partition coefficient (Wildman–Crippen LogP) is 20.4. The van der Waals surface area contributed by atoms with Crippen LogP contribution in [0, 0.1) is 11.8 Å². The molecule has 3 N–H and O–H groups in total. The second-order valence-corrected chi connectivity index (χ2v) is 29.5. The summed E-state index contributed by atoms with van der Waals surface area (Å²) in [5, 5.41) is 10.6. The molecular weight excluding hydrogens is 1190 g/mol. The van der Waals surface area contributed by atoms with Gasteiger partial charge in [0.25, 0.3) is 0 Å². The van der Waals surface area contributed by atoms with Crippen LogP contribution in [0.15, 0.2) is 0 Å². The molecule has 5 atom stereocenters. The standard InChI is InChI=1S/C71H138O17P2/c1-7-9-11-13-15-16-17-18-19-20-21-22-23-24-25-26-27-28-31-36-43-49-55-70(75)87-66(60-82-69(74)54-48-42-35-32-29-30-34-39-45-51-63(3)4)61-85-89(77,78)83-57-65(72)58-84-90(79,80)86-62-67(59-81-68(73)53-47-41-33-14-12-10-8-2)88-71(76)56-50-44-38-37-40-46-52-64(5)6/h63-67,72H,7-62H2,1-6H3,(H,77,78)(H,79,80)/t65-,66-,67-/m1/s1. The van der Waals surface area contributed by atoms with Crippen molar-refractivity contribution in [2.45, 2.75) is 381 Å². The van der Waals surface area contributed by atoms with Gasteiger partial charge >= 0.3 is 39.5 Å². The van der Waals surface area contributed by atoms with Crippen molar-refractivity contribution < 1.29 is 80.2 Å². The minimum Gasteiger partial charge on any atom is -0.462 e. The summed E-state index contributed by atoms with van der Waals surface area (Å²) in [5.74, 6) is -0.721. The summed E-state index contributed by atoms with van der Waals surface area (Å²) in [6, 6.07) is 0. The fraction of sp³-hybridized carbons (Fsp3) is 0.944. The Morgan fingerprint density at radius 1 is 0.300 bits per heavy atom. The highest BCUT2D eigenvalue weighted by Crippen LogP contribution is 2.45. The minimum absolute atomic E-state index is 0.102. The van der Waals surface area contributed by atoms with Crippen molar-refractivity contribution >= 4 is 39.5 Å². The quantitative estimate of drug-likeness (QED) is 0.0222. The molecule has 0 saturated carbocycles. The lowest BCUT2D eigenvalue weighted by Gasteiger charge is -2.21. The molecule has 0 aromatic carbocycles. The summed E-state index contributed by atoms with van der Waals surface area (Å²) >= 11 is 0. The van der Waals surface area contributed by atoms with Gasteiger partial charge in [-0.1, -0.05) is 311 Å². The molecule has 19 heteroatoms. The molecule has 0 aliphatic carbocycles. The molecule has 0 amide bonds. The molecule has 0 radical (unpaired) electrons. The molecule has 0 heterocycles. The van der Waals surface area contributed by atoms with E-state index in [2.05, 4.69) is 41.5 Å². The van der Waals surface area contributed by atoms with Crippen LogP contribution in [-0.4, -0.2) is 96.7 Å². The first kappa shape index (κ1) is 88.1. The molecule has 0 bridgehead atoms. The fourth-order valence-electron chi connectivity index (χ4n) is 10.8. The van der Waals surface area contributed by atoms with Gasteiger partial charge in [-0.25, -0.2) is 9.13 Å².